The molecular weight excluding hydrogens is 252 g/mol. The molecule has 0 saturated carbocycles. The van der Waals surface area contributed by atoms with Gasteiger partial charge >= 0.3 is 0 Å². The second kappa shape index (κ2) is 5.54. The van der Waals surface area contributed by atoms with Crippen molar-refractivity contribution in [3.8, 4) is 22.5 Å². The van der Waals surface area contributed by atoms with Crippen molar-refractivity contribution in [3.63, 3.8) is 0 Å². The van der Waals surface area contributed by atoms with Crippen LogP contribution in [-0.2, 0) is 6.61 Å². The summed E-state index contributed by atoms with van der Waals surface area (Å²) in [7, 11) is 0. The number of aliphatic hydroxyl groups is 1. The number of nitrogens with zero attached hydrogens (tertiary/aromatic N) is 4. The van der Waals surface area contributed by atoms with E-state index in [0.717, 1.165) is 22.4 Å². The van der Waals surface area contributed by atoms with E-state index in [-0.39, 0.29) is 6.61 Å². The normalized spacial score (nSPS) is 10.4. The second-order valence-electron chi connectivity index (χ2n) is 4.18. The third-order valence-electron chi connectivity index (χ3n) is 2.98. The highest BCUT2D eigenvalue weighted by Crippen LogP contribution is 2.32. The minimum absolute atomic E-state index is 0.0694. The van der Waals surface area contributed by atoms with Gasteiger partial charge < -0.3 is 5.11 Å². The quantitative estimate of drug-likeness (QED) is 0.784. The molecule has 0 aliphatic rings. The zero-order chi connectivity index (χ0) is 13.8. The molecule has 20 heavy (non-hydrogen) atoms. The van der Waals surface area contributed by atoms with Gasteiger partial charge in [-0.05, 0) is 5.56 Å². The highest BCUT2D eigenvalue weighted by atomic mass is 16.3. The van der Waals surface area contributed by atoms with Gasteiger partial charge in [0.2, 0.25) is 0 Å². The maximum absolute atomic E-state index is 9.57. The lowest BCUT2D eigenvalue weighted by atomic mass is 9.97. The predicted octanol–water partition coefficient (Wildman–Crippen LogP) is 2.09. The van der Waals surface area contributed by atoms with Gasteiger partial charge in [0.25, 0.3) is 0 Å². The van der Waals surface area contributed by atoms with Gasteiger partial charge in [0.1, 0.15) is 0 Å². The standard InChI is InChI=1S/C15H12N4O/c20-10-11-2-1-3-12(13-8-16-4-6-18-13)15(11)14-9-17-5-7-19-14/h1-9,20H,10H2. The van der Waals surface area contributed by atoms with Crippen molar-refractivity contribution < 1.29 is 5.11 Å². The Labute approximate surface area is 116 Å². The summed E-state index contributed by atoms with van der Waals surface area (Å²) < 4.78 is 0. The van der Waals surface area contributed by atoms with Crippen LogP contribution < -0.4 is 0 Å². The highest BCUT2D eigenvalue weighted by Gasteiger charge is 2.13. The Hall–Kier alpha value is -2.66. The number of hydrogen-bond donors (Lipinski definition) is 1. The molecule has 3 rings (SSSR count). The van der Waals surface area contributed by atoms with Crippen LogP contribution in [0.3, 0.4) is 0 Å². The van der Waals surface area contributed by atoms with Gasteiger partial charge in [-0.3, -0.25) is 19.9 Å². The van der Waals surface area contributed by atoms with Crippen molar-refractivity contribution in [2.45, 2.75) is 6.61 Å². The molecule has 0 amide bonds. The third kappa shape index (κ3) is 2.26. The average Bonchev–Trinajstić information content (AvgIpc) is 2.55. The number of benzene rings is 1. The van der Waals surface area contributed by atoms with Crippen molar-refractivity contribution in [3.05, 3.63) is 60.9 Å². The molecule has 0 fully saturated rings. The molecule has 0 aliphatic heterocycles. The Morgan fingerprint density at radius 1 is 0.850 bits per heavy atom. The van der Waals surface area contributed by atoms with E-state index in [2.05, 4.69) is 19.9 Å². The van der Waals surface area contributed by atoms with E-state index in [1.165, 1.54) is 0 Å². The fourth-order valence-corrected chi connectivity index (χ4v) is 2.11. The summed E-state index contributed by atoms with van der Waals surface area (Å²) >= 11 is 0. The third-order valence-corrected chi connectivity index (χ3v) is 2.98. The van der Waals surface area contributed by atoms with E-state index in [1.54, 1.807) is 37.2 Å². The molecule has 3 aromatic rings. The first-order valence-electron chi connectivity index (χ1n) is 6.15. The molecule has 2 aromatic heterocycles. The lowest BCUT2D eigenvalue weighted by Crippen LogP contribution is -1.97. The van der Waals surface area contributed by atoms with Crippen LogP contribution in [0.1, 0.15) is 5.56 Å². The van der Waals surface area contributed by atoms with Gasteiger partial charge in [0.15, 0.2) is 0 Å². The Kier molecular flexibility index (Phi) is 3.43. The van der Waals surface area contributed by atoms with Crippen molar-refractivity contribution in [1.82, 2.24) is 19.9 Å². The Morgan fingerprint density at radius 3 is 2.15 bits per heavy atom. The lowest BCUT2D eigenvalue weighted by Gasteiger charge is -2.12. The largest absolute Gasteiger partial charge is 0.392 e. The summed E-state index contributed by atoms with van der Waals surface area (Å²) in [4.78, 5) is 16.8. The number of aromatic nitrogens is 4. The van der Waals surface area contributed by atoms with Crippen LogP contribution >= 0.6 is 0 Å². The highest BCUT2D eigenvalue weighted by molar-refractivity contribution is 5.82. The molecule has 5 heteroatoms. The molecule has 98 valence electrons. The van der Waals surface area contributed by atoms with Crippen LogP contribution in [0.4, 0.5) is 0 Å². The van der Waals surface area contributed by atoms with Gasteiger partial charge in [-0.25, -0.2) is 0 Å². The summed E-state index contributed by atoms with van der Waals surface area (Å²) in [6.45, 7) is -0.0694. The first kappa shape index (κ1) is 12.4. The zero-order valence-electron chi connectivity index (χ0n) is 10.6. The molecule has 1 aromatic carbocycles. The Morgan fingerprint density at radius 2 is 1.55 bits per heavy atom. The van der Waals surface area contributed by atoms with Gasteiger partial charge in [0, 0.05) is 35.9 Å². The van der Waals surface area contributed by atoms with Crippen molar-refractivity contribution in [2.75, 3.05) is 0 Å². The van der Waals surface area contributed by atoms with Crippen molar-refractivity contribution >= 4 is 0 Å². The van der Waals surface area contributed by atoms with E-state index >= 15 is 0 Å². The number of aliphatic hydroxyl groups excluding tert-OH is 1. The van der Waals surface area contributed by atoms with Crippen LogP contribution in [0.15, 0.2) is 55.4 Å². The summed E-state index contributed by atoms with van der Waals surface area (Å²) in [5.74, 6) is 0. The van der Waals surface area contributed by atoms with Crippen LogP contribution in [0.5, 0.6) is 0 Å². The zero-order valence-corrected chi connectivity index (χ0v) is 10.6. The first-order chi connectivity index (χ1) is 9.90. The summed E-state index contributed by atoms with van der Waals surface area (Å²) in [6.07, 6.45) is 9.88. The van der Waals surface area contributed by atoms with Gasteiger partial charge in [0.05, 0.1) is 30.4 Å². The molecule has 5 nitrogen and oxygen atoms in total. The van der Waals surface area contributed by atoms with E-state index in [4.69, 9.17) is 0 Å². The van der Waals surface area contributed by atoms with Crippen LogP contribution in [-0.4, -0.2) is 25.0 Å². The topological polar surface area (TPSA) is 71.8 Å². The molecule has 0 radical (unpaired) electrons. The molecule has 0 unspecified atom stereocenters. The van der Waals surface area contributed by atoms with Gasteiger partial charge in [-0.1, -0.05) is 18.2 Å². The fourth-order valence-electron chi connectivity index (χ4n) is 2.11. The van der Waals surface area contributed by atoms with Crippen LogP contribution in [0.25, 0.3) is 22.5 Å². The smallest absolute Gasteiger partial charge is 0.0895 e. The summed E-state index contributed by atoms with van der Waals surface area (Å²) in [6, 6.07) is 5.69. The molecule has 0 spiro atoms. The van der Waals surface area contributed by atoms with Crippen LogP contribution in [0.2, 0.25) is 0 Å². The Balaban J connectivity index is 2.26. The van der Waals surface area contributed by atoms with Crippen molar-refractivity contribution in [2.24, 2.45) is 0 Å². The number of rotatable bonds is 3. The lowest BCUT2D eigenvalue weighted by molar-refractivity contribution is 0.282. The molecular formula is C15H12N4O. The minimum atomic E-state index is -0.0694. The average molecular weight is 264 g/mol. The monoisotopic (exact) mass is 264 g/mol. The molecule has 0 bridgehead atoms. The van der Waals surface area contributed by atoms with E-state index < -0.39 is 0 Å². The first-order valence-corrected chi connectivity index (χ1v) is 6.15. The molecule has 0 atom stereocenters. The summed E-state index contributed by atoms with van der Waals surface area (Å²) in [5, 5.41) is 9.57. The Bertz CT molecular complexity index is 702. The minimum Gasteiger partial charge on any atom is -0.392 e. The van der Waals surface area contributed by atoms with Crippen molar-refractivity contribution in [1.29, 1.82) is 0 Å². The maximum Gasteiger partial charge on any atom is 0.0895 e. The maximum atomic E-state index is 9.57. The van der Waals surface area contributed by atoms with E-state index in [1.807, 2.05) is 18.2 Å². The van der Waals surface area contributed by atoms with Crippen LogP contribution in [0, 0.1) is 0 Å². The number of hydrogen-bond acceptors (Lipinski definition) is 5. The van der Waals surface area contributed by atoms with E-state index in [9.17, 15) is 5.11 Å². The molecule has 0 aliphatic carbocycles. The molecule has 1 N–H and O–H groups in total. The van der Waals surface area contributed by atoms with E-state index in [0.29, 0.717) is 5.69 Å². The van der Waals surface area contributed by atoms with Gasteiger partial charge in [-0.2, -0.15) is 0 Å². The molecule has 0 saturated heterocycles. The molecule has 2 heterocycles. The summed E-state index contributed by atoms with van der Waals surface area (Å²) in [5.41, 5.74) is 3.95. The SMILES string of the molecule is OCc1cccc(-c2cnccn2)c1-c1cnccn1. The predicted molar refractivity (Wildman–Crippen MR) is 74.4 cm³/mol. The second-order valence-corrected chi connectivity index (χ2v) is 4.18. The van der Waals surface area contributed by atoms with Gasteiger partial charge in [-0.15, -0.1) is 0 Å². The fraction of sp³-hybridized carbons (Fsp3) is 0.0667.